The molecule has 0 atom stereocenters. The van der Waals surface area contributed by atoms with Crippen LogP contribution in [0.4, 0.5) is 0 Å². The molecule has 4 nitrogen and oxygen atoms in total. The minimum atomic E-state index is 0.160. The summed E-state index contributed by atoms with van der Waals surface area (Å²) in [5.74, 6) is 0.160. The number of aromatic nitrogens is 2. The Morgan fingerprint density at radius 3 is 2.76 bits per heavy atom. The van der Waals surface area contributed by atoms with Crippen LogP contribution in [0.2, 0.25) is 0 Å². The molecule has 1 fully saturated rings. The summed E-state index contributed by atoms with van der Waals surface area (Å²) in [4.78, 5) is 19.6. The molecule has 21 heavy (non-hydrogen) atoms. The van der Waals surface area contributed by atoms with Crippen LogP contribution in [0, 0.1) is 0 Å². The molecule has 0 saturated carbocycles. The Morgan fingerprint density at radius 2 is 1.90 bits per heavy atom. The van der Waals surface area contributed by atoms with Crippen molar-refractivity contribution in [1.29, 1.82) is 0 Å². The number of amides is 1. The van der Waals surface area contributed by atoms with Gasteiger partial charge >= 0.3 is 0 Å². The number of imidazole rings is 1. The van der Waals surface area contributed by atoms with E-state index in [0.717, 1.165) is 46.8 Å². The van der Waals surface area contributed by atoms with Gasteiger partial charge in [0.1, 0.15) is 11.3 Å². The van der Waals surface area contributed by atoms with Crippen molar-refractivity contribution in [1.82, 2.24) is 14.5 Å². The van der Waals surface area contributed by atoms with Crippen molar-refractivity contribution in [3.8, 4) is 5.00 Å². The van der Waals surface area contributed by atoms with E-state index in [1.165, 1.54) is 11.3 Å². The number of fused-ring (bicyclic) bond motifs is 1. The normalized spacial score (nSPS) is 15.0. The van der Waals surface area contributed by atoms with Gasteiger partial charge in [-0.05, 0) is 37.1 Å². The zero-order valence-electron chi connectivity index (χ0n) is 11.5. The molecule has 106 valence electrons. The van der Waals surface area contributed by atoms with Gasteiger partial charge in [0.2, 0.25) is 0 Å². The van der Waals surface area contributed by atoms with E-state index >= 15 is 0 Å². The number of likely N-dealkylation sites (tertiary alicyclic amines) is 1. The maximum atomic E-state index is 12.4. The molecular formula is C16H15N3OS. The largest absolute Gasteiger partial charge is 0.338 e. The van der Waals surface area contributed by atoms with Crippen molar-refractivity contribution in [3.05, 3.63) is 47.6 Å². The SMILES string of the molecule is O=C(c1ccc(-n2cnc3ccccc32)s1)N1CCCC1. The van der Waals surface area contributed by atoms with Crippen LogP contribution in [-0.4, -0.2) is 33.4 Å². The maximum Gasteiger partial charge on any atom is 0.263 e. The van der Waals surface area contributed by atoms with Crippen molar-refractivity contribution in [3.63, 3.8) is 0 Å². The molecule has 3 heterocycles. The average Bonchev–Trinajstić information content (AvgIpc) is 3.25. The molecule has 1 aliphatic heterocycles. The molecule has 1 amide bonds. The first-order valence-electron chi connectivity index (χ1n) is 7.14. The van der Waals surface area contributed by atoms with Crippen LogP contribution < -0.4 is 0 Å². The Hall–Kier alpha value is -2.14. The summed E-state index contributed by atoms with van der Waals surface area (Å²) in [5.41, 5.74) is 2.04. The van der Waals surface area contributed by atoms with Crippen molar-refractivity contribution >= 4 is 28.3 Å². The Labute approximate surface area is 126 Å². The highest BCUT2D eigenvalue weighted by Gasteiger charge is 2.21. The number of hydrogen-bond donors (Lipinski definition) is 0. The van der Waals surface area contributed by atoms with E-state index < -0.39 is 0 Å². The van der Waals surface area contributed by atoms with Crippen molar-refractivity contribution in [2.45, 2.75) is 12.8 Å². The highest BCUT2D eigenvalue weighted by atomic mass is 32.1. The molecule has 3 aromatic rings. The minimum Gasteiger partial charge on any atom is -0.338 e. The van der Waals surface area contributed by atoms with Gasteiger partial charge in [0.15, 0.2) is 0 Å². The van der Waals surface area contributed by atoms with E-state index in [2.05, 4.69) is 4.98 Å². The summed E-state index contributed by atoms with van der Waals surface area (Å²) < 4.78 is 2.04. The maximum absolute atomic E-state index is 12.4. The zero-order chi connectivity index (χ0) is 14.2. The second-order valence-corrected chi connectivity index (χ2v) is 6.30. The van der Waals surface area contributed by atoms with E-state index in [-0.39, 0.29) is 5.91 Å². The van der Waals surface area contributed by atoms with Crippen LogP contribution in [0.15, 0.2) is 42.7 Å². The fourth-order valence-corrected chi connectivity index (χ4v) is 3.74. The van der Waals surface area contributed by atoms with Gasteiger partial charge in [0, 0.05) is 13.1 Å². The minimum absolute atomic E-state index is 0.160. The number of carbonyl (C=O) groups excluding carboxylic acids is 1. The predicted octanol–water partition coefficient (Wildman–Crippen LogP) is 3.32. The number of nitrogens with zero attached hydrogens (tertiary/aromatic N) is 3. The summed E-state index contributed by atoms with van der Waals surface area (Å²) >= 11 is 1.53. The van der Waals surface area contributed by atoms with Gasteiger partial charge in [-0.3, -0.25) is 9.36 Å². The third-order valence-electron chi connectivity index (χ3n) is 3.89. The average molecular weight is 297 g/mol. The third kappa shape index (κ3) is 2.14. The second-order valence-electron chi connectivity index (χ2n) is 5.24. The molecule has 0 aliphatic carbocycles. The first-order chi connectivity index (χ1) is 10.3. The topological polar surface area (TPSA) is 38.1 Å². The lowest BCUT2D eigenvalue weighted by Crippen LogP contribution is -2.26. The molecule has 5 heteroatoms. The number of carbonyl (C=O) groups is 1. The highest BCUT2D eigenvalue weighted by molar-refractivity contribution is 7.16. The molecule has 0 N–H and O–H groups in total. The number of para-hydroxylation sites is 2. The van der Waals surface area contributed by atoms with Crippen LogP contribution in [0.25, 0.3) is 16.0 Å². The standard InChI is InChI=1S/C16H15N3OS/c20-16(18-9-3-4-10-18)14-7-8-15(21-14)19-11-17-12-5-1-2-6-13(12)19/h1-2,5-8,11H,3-4,9-10H2. The Kier molecular flexibility index (Phi) is 3.00. The number of rotatable bonds is 2. The Bertz CT molecular complexity index is 799. The van der Waals surface area contributed by atoms with Gasteiger partial charge in [-0.15, -0.1) is 11.3 Å². The van der Waals surface area contributed by atoms with Crippen LogP contribution in [0.5, 0.6) is 0 Å². The van der Waals surface area contributed by atoms with Crippen LogP contribution >= 0.6 is 11.3 Å². The molecule has 0 radical (unpaired) electrons. The monoisotopic (exact) mass is 297 g/mol. The van der Waals surface area contributed by atoms with Crippen molar-refractivity contribution in [2.24, 2.45) is 0 Å². The van der Waals surface area contributed by atoms with E-state index in [1.807, 2.05) is 52.2 Å². The van der Waals surface area contributed by atoms with Crippen molar-refractivity contribution in [2.75, 3.05) is 13.1 Å². The lowest BCUT2D eigenvalue weighted by atomic mass is 10.3. The van der Waals surface area contributed by atoms with Gasteiger partial charge in [0.25, 0.3) is 5.91 Å². The zero-order valence-corrected chi connectivity index (χ0v) is 12.3. The number of hydrogen-bond acceptors (Lipinski definition) is 3. The summed E-state index contributed by atoms with van der Waals surface area (Å²) in [7, 11) is 0. The molecule has 0 spiro atoms. The van der Waals surface area contributed by atoms with Gasteiger partial charge in [-0.25, -0.2) is 4.98 Å². The van der Waals surface area contributed by atoms with Crippen LogP contribution in [0.1, 0.15) is 22.5 Å². The van der Waals surface area contributed by atoms with E-state index in [9.17, 15) is 4.79 Å². The lowest BCUT2D eigenvalue weighted by Gasteiger charge is -2.13. The molecule has 2 aromatic heterocycles. The predicted molar refractivity (Wildman–Crippen MR) is 84.1 cm³/mol. The van der Waals surface area contributed by atoms with Crippen molar-refractivity contribution < 1.29 is 4.79 Å². The van der Waals surface area contributed by atoms with Gasteiger partial charge in [-0.1, -0.05) is 12.1 Å². The third-order valence-corrected chi connectivity index (χ3v) is 4.96. The van der Waals surface area contributed by atoms with Crippen LogP contribution in [0.3, 0.4) is 0 Å². The quantitative estimate of drug-likeness (QED) is 0.727. The van der Waals surface area contributed by atoms with Gasteiger partial charge in [0.05, 0.1) is 15.9 Å². The fourth-order valence-electron chi connectivity index (χ4n) is 2.78. The Balaban J connectivity index is 1.69. The van der Waals surface area contributed by atoms with E-state index in [0.29, 0.717) is 0 Å². The summed E-state index contributed by atoms with van der Waals surface area (Å²) in [6.45, 7) is 1.78. The summed E-state index contributed by atoms with van der Waals surface area (Å²) in [5, 5.41) is 1.03. The van der Waals surface area contributed by atoms with E-state index in [1.54, 1.807) is 0 Å². The van der Waals surface area contributed by atoms with Gasteiger partial charge in [-0.2, -0.15) is 0 Å². The Morgan fingerprint density at radius 1 is 1.10 bits per heavy atom. The smallest absolute Gasteiger partial charge is 0.263 e. The number of thiophene rings is 1. The van der Waals surface area contributed by atoms with E-state index in [4.69, 9.17) is 0 Å². The lowest BCUT2D eigenvalue weighted by molar-refractivity contribution is 0.0797. The molecule has 1 aromatic carbocycles. The first-order valence-corrected chi connectivity index (χ1v) is 7.96. The highest BCUT2D eigenvalue weighted by Crippen LogP contribution is 2.26. The van der Waals surface area contributed by atoms with Gasteiger partial charge < -0.3 is 4.90 Å². The number of benzene rings is 1. The first kappa shape index (κ1) is 12.6. The molecular weight excluding hydrogens is 282 g/mol. The second kappa shape index (κ2) is 5.00. The fraction of sp³-hybridized carbons (Fsp3) is 0.250. The molecule has 0 unspecified atom stereocenters. The molecule has 1 aliphatic rings. The summed E-state index contributed by atoms with van der Waals surface area (Å²) in [6, 6.07) is 12.0. The molecule has 1 saturated heterocycles. The molecule has 4 rings (SSSR count). The van der Waals surface area contributed by atoms with Crippen LogP contribution in [-0.2, 0) is 0 Å². The molecule has 0 bridgehead atoms. The summed E-state index contributed by atoms with van der Waals surface area (Å²) in [6.07, 6.45) is 4.06.